The summed E-state index contributed by atoms with van der Waals surface area (Å²) in [5.41, 5.74) is 1.89. The van der Waals surface area contributed by atoms with Crippen molar-refractivity contribution in [3.8, 4) is 23.0 Å². The third-order valence-electron chi connectivity index (χ3n) is 5.16. The molecular formula is C24H26ClNO6S. The Morgan fingerprint density at radius 3 is 1.91 bits per heavy atom. The SMILES string of the molecule is COc1ccc(CN(c2ccc(OC)c(OC)c2)S(=O)(=O)c2ccc(C)c(Cl)c2)cc1OC. The molecule has 0 saturated heterocycles. The lowest BCUT2D eigenvalue weighted by Crippen LogP contribution is -2.30. The Kier molecular flexibility index (Phi) is 7.61. The lowest BCUT2D eigenvalue weighted by molar-refractivity contribution is 0.354. The van der Waals surface area contributed by atoms with E-state index >= 15 is 0 Å². The molecule has 176 valence electrons. The zero-order valence-corrected chi connectivity index (χ0v) is 20.7. The van der Waals surface area contributed by atoms with E-state index in [4.69, 9.17) is 30.5 Å². The number of anilines is 1. The molecule has 0 aliphatic carbocycles. The van der Waals surface area contributed by atoms with Crippen LogP contribution in [0.1, 0.15) is 11.1 Å². The van der Waals surface area contributed by atoms with Crippen LogP contribution >= 0.6 is 11.6 Å². The van der Waals surface area contributed by atoms with Crippen LogP contribution in [0, 0.1) is 6.92 Å². The summed E-state index contributed by atoms with van der Waals surface area (Å²) in [6.07, 6.45) is 0. The van der Waals surface area contributed by atoms with Crippen LogP contribution in [0.25, 0.3) is 0 Å². The molecule has 9 heteroatoms. The molecule has 0 radical (unpaired) electrons. The molecule has 0 fully saturated rings. The second-order valence-electron chi connectivity index (χ2n) is 7.15. The van der Waals surface area contributed by atoms with Gasteiger partial charge in [0.1, 0.15) is 0 Å². The highest BCUT2D eigenvalue weighted by Crippen LogP contribution is 2.36. The van der Waals surface area contributed by atoms with Crippen molar-refractivity contribution in [1.29, 1.82) is 0 Å². The highest BCUT2D eigenvalue weighted by atomic mass is 35.5. The number of hydrogen-bond acceptors (Lipinski definition) is 6. The topological polar surface area (TPSA) is 74.3 Å². The molecule has 0 bridgehead atoms. The minimum Gasteiger partial charge on any atom is -0.493 e. The number of methoxy groups -OCH3 is 4. The normalized spacial score (nSPS) is 11.1. The summed E-state index contributed by atoms with van der Waals surface area (Å²) in [6.45, 7) is 1.85. The summed E-state index contributed by atoms with van der Waals surface area (Å²) in [5, 5.41) is 0.370. The fourth-order valence-electron chi connectivity index (χ4n) is 3.30. The van der Waals surface area contributed by atoms with E-state index in [0.717, 1.165) is 5.56 Å². The third-order valence-corrected chi connectivity index (χ3v) is 7.34. The maximum atomic E-state index is 13.8. The highest BCUT2D eigenvalue weighted by molar-refractivity contribution is 7.92. The van der Waals surface area contributed by atoms with Crippen molar-refractivity contribution in [3.63, 3.8) is 0 Å². The molecular weight excluding hydrogens is 466 g/mol. The Balaban J connectivity index is 2.15. The van der Waals surface area contributed by atoms with Gasteiger partial charge in [-0.05, 0) is 54.4 Å². The minimum absolute atomic E-state index is 0.0314. The summed E-state index contributed by atoms with van der Waals surface area (Å²) in [4.78, 5) is 0.0772. The van der Waals surface area contributed by atoms with E-state index in [1.54, 1.807) is 55.6 Å². The predicted octanol–water partition coefficient (Wildman–Crippen LogP) is 5.08. The van der Waals surface area contributed by atoms with E-state index in [-0.39, 0.29) is 11.4 Å². The van der Waals surface area contributed by atoms with E-state index in [1.165, 1.54) is 31.7 Å². The van der Waals surface area contributed by atoms with E-state index < -0.39 is 10.0 Å². The first-order chi connectivity index (χ1) is 15.7. The summed E-state index contributed by atoms with van der Waals surface area (Å²) in [5.74, 6) is 1.94. The van der Waals surface area contributed by atoms with E-state index in [1.807, 2.05) is 6.92 Å². The summed E-state index contributed by atoms with van der Waals surface area (Å²) < 4.78 is 50.2. The number of rotatable bonds is 9. The van der Waals surface area contributed by atoms with Gasteiger partial charge in [-0.15, -0.1) is 0 Å². The van der Waals surface area contributed by atoms with Crippen molar-refractivity contribution in [2.24, 2.45) is 0 Å². The van der Waals surface area contributed by atoms with Gasteiger partial charge in [-0.1, -0.05) is 23.7 Å². The Labute approximate surface area is 199 Å². The average molecular weight is 492 g/mol. The number of hydrogen-bond donors (Lipinski definition) is 0. The smallest absolute Gasteiger partial charge is 0.264 e. The molecule has 0 saturated carbocycles. The van der Waals surface area contributed by atoms with Crippen LogP contribution < -0.4 is 23.3 Å². The van der Waals surface area contributed by atoms with Crippen LogP contribution in [0.15, 0.2) is 59.5 Å². The standard InChI is InChI=1S/C24H26ClNO6S/c1-16-6-9-19(14-20(16)25)33(27,28)26(18-8-11-22(30-3)24(13-18)32-5)15-17-7-10-21(29-2)23(12-17)31-4/h6-14H,15H2,1-5H3. The number of benzene rings is 3. The Morgan fingerprint density at radius 1 is 0.758 bits per heavy atom. The van der Waals surface area contributed by atoms with Crippen molar-refractivity contribution < 1.29 is 27.4 Å². The van der Waals surface area contributed by atoms with Gasteiger partial charge < -0.3 is 18.9 Å². The van der Waals surface area contributed by atoms with Gasteiger partial charge in [0.2, 0.25) is 0 Å². The first kappa shape index (κ1) is 24.5. The average Bonchev–Trinajstić information content (AvgIpc) is 2.83. The second kappa shape index (κ2) is 10.2. The zero-order valence-electron chi connectivity index (χ0n) is 19.1. The van der Waals surface area contributed by atoms with E-state index in [2.05, 4.69) is 0 Å². The number of halogens is 1. The molecule has 33 heavy (non-hydrogen) atoms. The van der Waals surface area contributed by atoms with Crippen molar-refractivity contribution in [3.05, 3.63) is 70.7 Å². The maximum Gasteiger partial charge on any atom is 0.264 e. The van der Waals surface area contributed by atoms with Gasteiger partial charge in [-0.2, -0.15) is 0 Å². The maximum absolute atomic E-state index is 13.8. The molecule has 3 aromatic carbocycles. The van der Waals surface area contributed by atoms with E-state index in [0.29, 0.717) is 39.3 Å². The lowest BCUT2D eigenvalue weighted by atomic mass is 10.2. The van der Waals surface area contributed by atoms with Gasteiger partial charge in [-0.25, -0.2) is 8.42 Å². The predicted molar refractivity (Wildman–Crippen MR) is 129 cm³/mol. The molecule has 0 heterocycles. The first-order valence-electron chi connectivity index (χ1n) is 9.97. The van der Waals surface area contributed by atoms with Crippen molar-refractivity contribution >= 4 is 27.3 Å². The summed E-state index contributed by atoms with van der Waals surface area (Å²) >= 11 is 6.24. The van der Waals surface area contributed by atoms with Crippen LogP contribution in [0.5, 0.6) is 23.0 Å². The summed E-state index contributed by atoms with van der Waals surface area (Å²) in [6, 6.07) is 14.9. The zero-order chi connectivity index (χ0) is 24.2. The van der Waals surface area contributed by atoms with Gasteiger partial charge in [0.05, 0.1) is 45.6 Å². The van der Waals surface area contributed by atoms with Crippen LogP contribution in [0.2, 0.25) is 5.02 Å². The van der Waals surface area contributed by atoms with E-state index in [9.17, 15) is 8.42 Å². The first-order valence-corrected chi connectivity index (χ1v) is 11.8. The van der Waals surface area contributed by atoms with Crippen molar-refractivity contribution in [1.82, 2.24) is 0 Å². The van der Waals surface area contributed by atoms with Gasteiger partial charge in [0.15, 0.2) is 23.0 Å². The second-order valence-corrected chi connectivity index (χ2v) is 9.42. The van der Waals surface area contributed by atoms with Gasteiger partial charge in [-0.3, -0.25) is 4.31 Å². The van der Waals surface area contributed by atoms with Crippen molar-refractivity contribution in [2.75, 3.05) is 32.7 Å². The lowest BCUT2D eigenvalue weighted by Gasteiger charge is -2.26. The molecule has 0 N–H and O–H groups in total. The molecule has 0 aliphatic rings. The fraction of sp³-hybridized carbons (Fsp3) is 0.250. The number of aryl methyl sites for hydroxylation is 1. The van der Waals surface area contributed by atoms with Gasteiger partial charge >= 0.3 is 0 Å². The third kappa shape index (κ3) is 5.12. The summed E-state index contributed by atoms with van der Waals surface area (Å²) in [7, 11) is 2.09. The van der Waals surface area contributed by atoms with Crippen molar-refractivity contribution in [2.45, 2.75) is 18.4 Å². The van der Waals surface area contributed by atoms with Crippen LogP contribution in [-0.2, 0) is 16.6 Å². The quantitative estimate of drug-likeness (QED) is 0.415. The Hall–Kier alpha value is -3.10. The fourth-order valence-corrected chi connectivity index (χ4v) is 5.02. The molecule has 0 aliphatic heterocycles. The van der Waals surface area contributed by atoms with Crippen LogP contribution in [0.4, 0.5) is 5.69 Å². The molecule has 0 spiro atoms. The molecule has 3 aromatic rings. The molecule has 0 aromatic heterocycles. The molecule has 0 amide bonds. The minimum atomic E-state index is -3.99. The molecule has 0 atom stereocenters. The Morgan fingerprint density at radius 2 is 1.33 bits per heavy atom. The van der Waals surface area contributed by atoms with Gasteiger partial charge in [0.25, 0.3) is 10.0 Å². The number of sulfonamides is 1. The largest absolute Gasteiger partial charge is 0.493 e. The Bertz CT molecular complexity index is 1250. The highest BCUT2D eigenvalue weighted by Gasteiger charge is 2.27. The number of ether oxygens (including phenoxy) is 4. The molecule has 7 nitrogen and oxygen atoms in total. The van der Waals surface area contributed by atoms with Crippen LogP contribution in [0.3, 0.4) is 0 Å². The molecule has 0 unspecified atom stereocenters. The van der Waals surface area contributed by atoms with Gasteiger partial charge in [0, 0.05) is 11.1 Å². The number of nitrogens with zero attached hydrogens (tertiary/aromatic N) is 1. The monoisotopic (exact) mass is 491 g/mol. The van der Waals surface area contributed by atoms with Crippen LogP contribution in [-0.4, -0.2) is 36.9 Å². The molecule has 3 rings (SSSR count).